The number of rotatable bonds is 4. The van der Waals surface area contributed by atoms with Crippen molar-refractivity contribution in [3.63, 3.8) is 0 Å². The lowest BCUT2D eigenvalue weighted by molar-refractivity contribution is 0.658. The first-order valence-corrected chi connectivity index (χ1v) is 16.6. The summed E-state index contributed by atoms with van der Waals surface area (Å²) in [5, 5.41) is 2.64. The number of benzene rings is 6. The van der Waals surface area contributed by atoms with Gasteiger partial charge in [0.05, 0.1) is 11.4 Å². The third-order valence-electron chi connectivity index (χ3n) is 9.47. The van der Waals surface area contributed by atoms with Gasteiger partial charge in [0, 0.05) is 47.8 Å². The molecule has 9 rings (SSSR count). The highest BCUT2D eigenvalue weighted by atomic mass is 32.1. The van der Waals surface area contributed by atoms with E-state index in [1.807, 2.05) is 11.3 Å². The molecule has 0 atom stereocenters. The maximum atomic E-state index is 5.31. The van der Waals surface area contributed by atoms with E-state index in [9.17, 15) is 0 Å². The Kier molecular flexibility index (Phi) is 6.06. The molecule has 0 saturated heterocycles. The first-order valence-electron chi connectivity index (χ1n) is 15.8. The van der Waals surface area contributed by atoms with Crippen molar-refractivity contribution < 1.29 is 0 Å². The van der Waals surface area contributed by atoms with Crippen molar-refractivity contribution in [3.8, 4) is 56.2 Å². The van der Waals surface area contributed by atoms with E-state index in [4.69, 9.17) is 9.97 Å². The number of hydrogen-bond donors (Lipinski definition) is 0. The molecule has 0 radical (unpaired) electrons. The Balaban J connectivity index is 1.18. The number of hydrogen-bond acceptors (Lipinski definition) is 3. The van der Waals surface area contributed by atoms with E-state index < -0.39 is 0 Å². The van der Waals surface area contributed by atoms with Crippen molar-refractivity contribution in [2.45, 2.75) is 19.3 Å². The van der Waals surface area contributed by atoms with Gasteiger partial charge in [-0.3, -0.25) is 0 Å². The summed E-state index contributed by atoms with van der Waals surface area (Å²) in [6.07, 6.45) is 0. The van der Waals surface area contributed by atoms with Gasteiger partial charge in [-0.05, 0) is 46.0 Å². The number of fused-ring (bicyclic) bond motifs is 6. The fraction of sp³-hybridized carbons (Fsp3) is 0.0698. The van der Waals surface area contributed by atoms with Crippen LogP contribution in [0.4, 0.5) is 0 Å². The van der Waals surface area contributed by atoms with E-state index >= 15 is 0 Å². The molecule has 6 aromatic carbocycles. The normalized spacial score (nSPS) is 13.2. The quantitative estimate of drug-likeness (QED) is 0.199. The zero-order valence-corrected chi connectivity index (χ0v) is 26.5. The largest absolute Gasteiger partial charge is 0.228 e. The summed E-state index contributed by atoms with van der Waals surface area (Å²) in [4.78, 5) is 10.6. The van der Waals surface area contributed by atoms with Crippen molar-refractivity contribution in [2.24, 2.45) is 0 Å². The Morgan fingerprint density at radius 3 is 1.91 bits per heavy atom. The molecule has 0 N–H and O–H groups in total. The van der Waals surface area contributed by atoms with Crippen LogP contribution in [0.25, 0.3) is 76.3 Å². The van der Waals surface area contributed by atoms with Crippen LogP contribution in [-0.2, 0) is 5.41 Å². The highest BCUT2D eigenvalue weighted by Gasteiger charge is 2.39. The number of aromatic nitrogens is 2. The molecule has 46 heavy (non-hydrogen) atoms. The predicted molar refractivity (Wildman–Crippen MR) is 194 cm³/mol. The van der Waals surface area contributed by atoms with E-state index in [1.54, 1.807) is 0 Å². The predicted octanol–water partition coefficient (Wildman–Crippen LogP) is 11.8. The molecule has 2 heterocycles. The molecule has 2 nitrogen and oxygen atoms in total. The second-order valence-electron chi connectivity index (χ2n) is 12.6. The Hall–Kier alpha value is -5.38. The average Bonchev–Trinajstić information content (AvgIpc) is 3.61. The fourth-order valence-electron chi connectivity index (χ4n) is 7.23. The van der Waals surface area contributed by atoms with Gasteiger partial charge in [-0.25, -0.2) is 9.97 Å². The van der Waals surface area contributed by atoms with Gasteiger partial charge in [0.2, 0.25) is 0 Å². The zero-order chi connectivity index (χ0) is 30.8. The van der Waals surface area contributed by atoms with Crippen molar-refractivity contribution in [2.75, 3.05) is 0 Å². The second kappa shape index (κ2) is 10.3. The summed E-state index contributed by atoms with van der Waals surface area (Å²) in [6, 6.07) is 52.2. The van der Waals surface area contributed by atoms with E-state index in [1.165, 1.54) is 53.6 Å². The molecule has 0 unspecified atom stereocenters. The molecule has 0 fully saturated rings. The Labute approximate surface area is 272 Å². The van der Waals surface area contributed by atoms with Crippen molar-refractivity contribution in [1.82, 2.24) is 9.97 Å². The Morgan fingerprint density at radius 1 is 0.478 bits per heavy atom. The molecular formula is C43H30N2S. The highest BCUT2D eigenvalue weighted by molar-refractivity contribution is 7.26. The van der Waals surface area contributed by atoms with Crippen LogP contribution in [0.3, 0.4) is 0 Å². The average molecular weight is 607 g/mol. The van der Waals surface area contributed by atoms with E-state index in [2.05, 4.69) is 159 Å². The first kappa shape index (κ1) is 27.0. The third-order valence-corrected chi connectivity index (χ3v) is 10.7. The van der Waals surface area contributed by atoms with E-state index in [-0.39, 0.29) is 5.41 Å². The van der Waals surface area contributed by atoms with Crippen molar-refractivity contribution in [1.29, 1.82) is 0 Å². The molecule has 0 bridgehead atoms. The van der Waals surface area contributed by atoms with Crippen LogP contribution < -0.4 is 0 Å². The Morgan fingerprint density at radius 2 is 1.07 bits per heavy atom. The van der Waals surface area contributed by atoms with Gasteiger partial charge in [-0.1, -0.05) is 141 Å². The van der Waals surface area contributed by atoms with Gasteiger partial charge in [0.15, 0.2) is 5.82 Å². The third kappa shape index (κ3) is 4.16. The summed E-state index contributed by atoms with van der Waals surface area (Å²) in [7, 11) is 0. The van der Waals surface area contributed by atoms with Gasteiger partial charge in [0.1, 0.15) is 0 Å². The van der Waals surface area contributed by atoms with Crippen LogP contribution in [0.2, 0.25) is 0 Å². The molecule has 218 valence electrons. The minimum absolute atomic E-state index is 0.199. The van der Waals surface area contributed by atoms with Crippen LogP contribution >= 0.6 is 11.3 Å². The molecular weight excluding hydrogens is 577 g/mol. The molecule has 3 heteroatoms. The first-order chi connectivity index (χ1) is 22.6. The summed E-state index contributed by atoms with van der Waals surface area (Å²) >= 11 is 1.87. The van der Waals surface area contributed by atoms with Crippen LogP contribution in [0, 0.1) is 0 Å². The standard InChI is InChI=1S/C43H30N2S/c1-43(2)36-23-8-6-20-35(36)40-38(43)39(27-13-4-3-5-14-27)44-42(45-40)31-18-11-16-29(26-31)28-15-10-17-30(25-28)32-21-12-22-34-33-19-7-9-24-37(33)46-41(32)34/h3-26H,1-2H3. The fourth-order valence-corrected chi connectivity index (χ4v) is 8.47. The molecule has 0 spiro atoms. The molecule has 0 saturated carbocycles. The van der Waals surface area contributed by atoms with Gasteiger partial charge >= 0.3 is 0 Å². The molecule has 1 aliphatic rings. The smallest absolute Gasteiger partial charge is 0.160 e. The Bertz CT molecular complexity index is 2450. The van der Waals surface area contributed by atoms with Gasteiger partial charge in [0.25, 0.3) is 0 Å². The van der Waals surface area contributed by atoms with Crippen molar-refractivity contribution in [3.05, 3.63) is 157 Å². The van der Waals surface area contributed by atoms with Crippen LogP contribution in [0.5, 0.6) is 0 Å². The minimum Gasteiger partial charge on any atom is -0.228 e. The second-order valence-corrected chi connectivity index (χ2v) is 13.7. The molecule has 1 aliphatic carbocycles. The topological polar surface area (TPSA) is 25.8 Å². The number of thiophene rings is 1. The lowest BCUT2D eigenvalue weighted by Crippen LogP contribution is -2.17. The summed E-state index contributed by atoms with van der Waals surface area (Å²) in [6.45, 7) is 4.58. The number of nitrogens with zero attached hydrogens (tertiary/aromatic N) is 2. The lowest BCUT2D eigenvalue weighted by Gasteiger charge is -2.23. The highest BCUT2D eigenvalue weighted by Crippen LogP contribution is 2.51. The summed E-state index contributed by atoms with van der Waals surface area (Å²) < 4.78 is 2.65. The molecule has 0 aliphatic heterocycles. The minimum atomic E-state index is -0.199. The maximum absolute atomic E-state index is 5.31. The monoisotopic (exact) mass is 606 g/mol. The molecule has 0 amide bonds. The zero-order valence-electron chi connectivity index (χ0n) is 25.7. The van der Waals surface area contributed by atoms with E-state index in [0.717, 1.165) is 33.9 Å². The van der Waals surface area contributed by atoms with Crippen LogP contribution in [0.1, 0.15) is 25.0 Å². The van der Waals surface area contributed by atoms with Gasteiger partial charge in [-0.15, -0.1) is 11.3 Å². The lowest BCUT2D eigenvalue weighted by atomic mass is 9.81. The van der Waals surface area contributed by atoms with Crippen LogP contribution in [0.15, 0.2) is 146 Å². The summed E-state index contributed by atoms with van der Waals surface area (Å²) in [5.41, 5.74) is 12.5. The SMILES string of the molecule is CC1(C)c2ccccc2-c2nc(-c3cccc(-c4cccc(-c5cccc6c5sc5ccccc56)c4)c3)nc(-c3ccccc3)c21. The summed E-state index contributed by atoms with van der Waals surface area (Å²) in [5.74, 6) is 0.748. The maximum Gasteiger partial charge on any atom is 0.160 e. The van der Waals surface area contributed by atoms with Gasteiger partial charge < -0.3 is 0 Å². The van der Waals surface area contributed by atoms with Crippen molar-refractivity contribution >= 4 is 31.5 Å². The van der Waals surface area contributed by atoms with Crippen LogP contribution in [-0.4, -0.2) is 9.97 Å². The van der Waals surface area contributed by atoms with E-state index in [0.29, 0.717) is 0 Å². The molecule has 8 aromatic rings. The molecule has 2 aromatic heterocycles. The van der Waals surface area contributed by atoms with Gasteiger partial charge in [-0.2, -0.15) is 0 Å².